The number of aromatic amines is 1. The number of aldehydes is 2. The molecule has 0 saturated carbocycles. The van der Waals surface area contributed by atoms with Gasteiger partial charge in [0.15, 0.2) is 18.4 Å². The van der Waals surface area contributed by atoms with Gasteiger partial charge < -0.3 is 10.1 Å². The highest BCUT2D eigenvalue weighted by atomic mass is 16.4. The van der Waals surface area contributed by atoms with Crippen LogP contribution in [0.1, 0.15) is 31.6 Å². The Kier molecular flexibility index (Phi) is 2.52. The Balaban J connectivity index is 3.19. The number of hydrogen-bond acceptors (Lipinski definition) is 5. The highest BCUT2D eigenvalue weighted by Crippen LogP contribution is 2.02. The molecule has 0 aromatic carbocycles. The first-order chi connectivity index (χ1) is 6.60. The highest BCUT2D eigenvalue weighted by molar-refractivity contribution is 6.38. The van der Waals surface area contributed by atoms with Gasteiger partial charge in [-0.15, -0.1) is 0 Å². The van der Waals surface area contributed by atoms with E-state index >= 15 is 0 Å². The lowest BCUT2D eigenvalue weighted by atomic mass is 10.4. The lowest BCUT2D eigenvalue weighted by molar-refractivity contribution is -0.131. The molecule has 1 aromatic heterocycles. The summed E-state index contributed by atoms with van der Waals surface area (Å²) in [6, 6.07) is 0. The van der Waals surface area contributed by atoms with Gasteiger partial charge in [0, 0.05) is 0 Å². The van der Waals surface area contributed by atoms with E-state index in [1.54, 1.807) is 0 Å². The molecule has 7 heteroatoms. The zero-order chi connectivity index (χ0) is 10.7. The summed E-state index contributed by atoms with van der Waals surface area (Å²) in [4.78, 5) is 47.1. The number of rotatable bonds is 4. The first-order valence-electron chi connectivity index (χ1n) is 3.38. The number of H-pyrrole nitrogens is 1. The van der Waals surface area contributed by atoms with E-state index in [1.165, 1.54) is 0 Å². The first-order valence-corrected chi connectivity index (χ1v) is 3.38. The summed E-state index contributed by atoms with van der Waals surface area (Å²) < 4.78 is 0. The van der Waals surface area contributed by atoms with Crippen molar-refractivity contribution in [2.75, 3.05) is 0 Å². The van der Waals surface area contributed by atoms with Gasteiger partial charge in [0.2, 0.25) is 0 Å². The van der Waals surface area contributed by atoms with Gasteiger partial charge in [0.05, 0.1) is 0 Å². The number of hydrogen-bond donors (Lipinski definition) is 2. The maximum absolute atomic E-state index is 10.8. The van der Waals surface area contributed by atoms with Crippen LogP contribution in [0.15, 0.2) is 0 Å². The molecule has 0 saturated heterocycles. The predicted octanol–water partition coefficient (Wildman–Crippen LogP) is -0.698. The fraction of sp³-hybridized carbons (Fsp3) is 0. The monoisotopic (exact) mass is 196 g/mol. The Morgan fingerprint density at radius 1 is 1.29 bits per heavy atom. The van der Waals surface area contributed by atoms with E-state index in [2.05, 4.69) is 9.97 Å². The van der Waals surface area contributed by atoms with Crippen LogP contribution in [-0.2, 0) is 4.79 Å². The Bertz CT molecular complexity index is 394. The van der Waals surface area contributed by atoms with Crippen molar-refractivity contribution in [1.29, 1.82) is 0 Å². The summed E-state index contributed by atoms with van der Waals surface area (Å²) in [5.74, 6) is -3.56. The van der Waals surface area contributed by atoms with Gasteiger partial charge in [0.1, 0.15) is 11.4 Å². The number of nitrogens with zero attached hydrogens (tertiary/aromatic N) is 1. The number of carboxylic acids is 1. The number of carbonyl (C=O) groups excluding carboxylic acids is 3. The molecule has 1 aromatic rings. The summed E-state index contributed by atoms with van der Waals surface area (Å²) in [5, 5.41) is 8.29. The maximum atomic E-state index is 10.8. The SMILES string of the molecule is O=Cc1nc(C(=O)C(=O)O)[nH]c1C=O. The largest absolute Gasteiger partial charge is 0.475 e. The van der Waals surface area contributed by atoms with Gasteiger partial charge in [-0.2, -0.15) is 0 Å². The number of carbonyl (C=O) groups is 4. The number of carboxylic acid groups (broad SMARTS) is 1. The quantitative estimate of drug-likeness (QED) is 0.373. The molecule has 0 atom stereocenters. The molecule has 0 radical (unpaired) electrons. The second-order valence-corrected chi connectivity index (χ2v) is 2.25. The van der Waals surface area contributed by atoms with Gasteiger partial charge in [-0.25, -0.2) is 9.78 Å². The van der Waals surface area contributed by atoms with Crippen molar-refractivity contribution in [3.05, 3.63) is 17.2 Å². The van der Waals surface area contributed by atoms with Crippen LogP contribution in [0.5, 0.6) is 0 Å². The van der Waals surface area contributed by atoms with E-state index in [0.717, 1.165) is 0 Å². The van der Waals surface area contributed by atoms with Crippen molar-refractivity contribution in [3.63, 3.8) is 0 Å². The van der Waals surface area contributed by atoms with Crippen LogP contribution in [-0.4, -0.2) is 39.4 Å². The summed E-state index contributed by atoms with van der Waals surface area (Å²) in [6.45, 7) is 0. The molecule has 0 fully saturated rings. The van der Waals surface area contributed by atoms with Gasteiger partial charge >= 0.3 is 11.8 Å². The zero-order valence-corrected chi connectivity index (χ0v) is 6.68. The van der Waals surface area contributed by atoms with E-state index < -0.39 is 17.6 Å². The Morgan fingerprint density at radius 3 is 2.29 bits per heavy atom. The summed E-state index contributed by atoms with van der Waals surface area (Å²) in [5.41, 5.74) is -0.505. The molecule has 0 aliphatic heterocycles. The second kappa shape index (κ2) is 3.60. The first kappa shape index (κ1) is 9.78. The van der Waals surface area contributed by atoms with Crippen molar-refractivity contribution >= 4 is 24.3 Å². The molecule has 2 N–H and O–H groups in total. The maximum Gasteiger partial charge on any atom is 0.380 e. The molecule has 0 aliphatic rings. The number of aromatic nitrogens is 2. The minimum Gasteiger partial charge on any atom is -0.475 e. The average molecular weight is 196 g/mol. The van der Waals surface area contributed by atoms with Crippen LogP contribution in [0.25, 0.3) is 0 Å². The molecule has 0 amide bonds. The number of Topliss-reactive ketones (excluding diaryl/α,β-unsaturated/α-hetero) is 1. The second-order valence-electron chi connectivity index (χ2n) is 2.25. The van der Waals surface area contributed by atoms with Crippen LogP contribution >= 0.6 is 0 Å². The molecule has 0 bridgehead atoms. The Hall–Kier alpha value is -2.31. The Morgan fingerprint density at radius 2 is 1.93 bits per heavy atom. The summed E-state index contributed by atoms with van der Waals surface area (Å²) >= 11 is 0. The van der Waals surface area contributed by atoms with Crippen LogP contribution in [0.2, 0.25) is 0 Å². The Labute approximate surface area is 76.8 Å². The van der Waals surface area contributed by atoms with Crippen LogP contribution < -0.4 is 0 Å². The third-order valence-corrected chi connectivity index (χ3v) is 1.40. The predicted molar refractivity (Wildman–Crippen MR) is 41.3 cm³/mol. The van der Waals surface area contributed by atoms with E-state index in [0.29, 0.717) is 0 Å². The van der Waals surface area contributed by atoms with E-state index in [9.17, 15) is 19.2 Å². The van der Waals surface area contributed by atoms with Crippen molar-refractivity contribution in [2.45, 2.75) is 0 Å². The molecule has 1 heterocycles. The van der Waals surface area contributed by atoms with Crippen LogP contribution in [0.3, 0.4) is 0 Å². The molecule has 7 nitrogen and oxygen atoms in total. The molecule has 1 rings (SSSR count). The fourth-order valence-corrected chi connectivity index (χ4v) is 0.789. The van der Waals surface area contributed by atoms with Gasteiger partial charge in [-0.3, -0.25) is 14.4 Å². The van der Waals surface area contributed by atoms with E-state index in [-0.39, 0.29) is 24.0 Å². The lowest BCUT2D eigenvalue weighted by Gasteiger charge is -1.85. The van der Waals surface area contributed by atoms with Gasteiger partial charge in [-0.05, 0) is 0 Å². The summed E-state index contributed by atoms with van der Waals surface area (Å²) in [6.07, 6.45) is 0.522. The zero-order valence-electron chi connectivity index (χ0n) is 6.68. The topological polar surface area (TPSA) is 117 Å². The number of aliphatic carboxylic acids is 1. The standard InChI is InChI=1S/C7H4N2O5/c10-1-3-4(2-11)9-6(8-3)5(12)7(13)14/h1-2H,(H,8,9)(H,13,14). The van der Waals surface area contributed by atoms with E-state index in [1.807, 2.05) is 0 Å². The number of nitrogens with one attached hydrogen (secondary N) is 1. The molecule has 0 aliphatic carbocycles. The fourth-order valence-electron chi connectivity index (χ4n) is 0.789. The molecular formula is C7H4N2O5. The van der Waals surface area contributed by atoms with Crippen LogP contribution in [0, 0.1) is 0 Å². The van der Waals surface area contributed by atoms with Crippen LogP contribution in [0.4, 0.5) is 0 Å². The number of ketones is 1. The van der Waals surface area contributed by atoms with Crippen molar-refractivity contribution in [2.24, 2.45) is 0 Å². The smallest absolute Gasteiger partial charge is 0.380 e. The van der Waals surface area contributed by atoms with E-state index in [4.69, 9.17) is 5.11 Å². The van der Waals surface area contributed by atoms with Gasteiger partial charge in [0.25, 0.3) is 0 Å². The lowest BCUT2D eigenvalue weighted by Crippen LogP contribution is -2.14. The molecule has 0 unspecified atom stereocenters. The minimum atomic E-state index is -1.71. The van der Waals surface area contributed by atoms with Crippen molar-refractivity contribution in [3.8, 4) is 0 Å². The molecule has 14 heavy (non-hydrogen) atoms. The third-order valence-electron chi connectivity index (χ3n) is 1.40. The third kappa shape index (κ3) is 1.56. The van der Waals surface area contributed by atoms with Crippen molar-refractivity contribution in [1.82, 2.24) is 9.97 Å². The van der Waals surface area contributed by atoms with Crippen molar-refractivity contribution < 1.29 is 24.3 Å². The summed E-state index contributed by atoms with van der Waals surface area (Å²) in [7, 11) is 0. The molecule has 72 valence electrons. The normalized spacial score (nSPS) is 9.43. The minimum absolute atomic E-state index is 0.218. The average Bonchev–Trinajstić information content (AvgIpc) is 2.59. The highest BCUT2D eigenvalue weighted by Gasteiger charge is 2.20. The molecular weight excluding hydrogens is 192 g/mol. The number of imidazole rings is 1. The van der Waals surface area contributed by atoms with Gasteiger partial charge in [-0.1, -0.05) is 0 Å². The molecule has 0 spiro atoms.